The fourth-order valence-electron chi connectivity index (χ4n) is 3.37. The number of benzene rings is 2. The average Bonchev–Trinajstić information content (AvgIpc) is 2.70. The molecule has 0 aliphatic rings. The summed E-state index contributed by atoms with van der Waals surface area (Å²) in [5.41, 5.74) is 6.70. The lowest BCUT2D eigenvalue weighted by molar-refractivity contribution is -0.115. The SMILES string of the molecule is CCC(=O)Nc1ccc(C)c2nc(-c3ccc(OC)c(COC)c3)cc(C)c12. The molecule has 5 nitrogen and oxygen atoms in total. The quantitative estimate of drug-likeness (QED) is 0.654. The van der Waals surface area contributed by atoms with Crippen molar-refractivity contribution in [3.8, 4) is 17.0 Å². The molecule has 0 bridgehead atoms. The molecule has 0 saturated heterocycles. The molecule has 0 unspecified atom stereocenters. The smallest absolute Gasteiger partial charge is 0.224 e. The van der Waals surface area contributed by atoms with Gasteiger partial charge in [-0.05, 0) is 55.3 Å². The average molecular weight is 378 g/mol. The van der Waals surface area contributed by atoms with Gasteiger partial charge in [0.05, 0.1) is 30.6 Å². The summed E-state index contributed by atoms with van der Waals surface area (Å²) in [7, 11) is 3.32. The van der Waals surface area contributed by atoms with Gasteiger partial charge in [-0.1, -0.05) is 13.0 Å². The Morgan fingerprint density at radius 2 is 1.86 bits per heavy atom. The van der Waals surface area contributed by atoms with Crippen LogP contribution in [0.25, 0.3) is 22.2 Å². The largest absolute Gasteiger partial charge is 0.496 e. The summed E-state index contributed by atoms with van der Waals surface area (Å²) in [6, 6.07) is 12.0. The molecule has 0 aliphatic carbocycles. The van der Waals surface area contributed by atoms with Crippen LogP contribution in [0.3, 0.4) is 0 Å². The number of carbonyl (C=O) groups excluding carboxylic acids is 1. The van der Waals surface area contributed by atoms with Crippen molar-refractivity contribution in [3.05, 3.63) is 53.1 Å². The van der Waals surface area contributed by atoms with E-state index in [1.165, 1.54) is 0 Å². The molecule has 1 amide bonds. The van der Waals surface area contributed by atoms with Crippen LogP contribution in [0.2, 0.25) is 0 Å². The molecule has 0 atom stereocenters. The van der Waals surface area contributed by atoms with Gasteiger partial charge in [0.1, 0.15) is 5.75 Å². The lowest BCUT2D eigenvalue weighted by atomic mass is 10.00. The van der Waals surface area contributed by atoms with E-state index in [0.717, 1.165) is 50.3 Å². The maximum atomic E-state index is 11.9. The molecule has 0 fully saturated rings. The fraction of sp³-hybridized carbons (Fsp3) is 0.304. The molecular formula is C23H26N2O3. The highest BCUT2D eigenvalue weighted by atomic mass is 16.5. The zero-order valence-corrected chi connectivity index (χ0v) is 17.1. The maximum absolute atomic E-state index is 11.9. The standard InChI is InChI=1S/C23H26N2O3/c1-6-21(26)24-18-9-7-14(2)23-22(18)15(3)11-19(25-23)16-8-10-20(28-5)17(12-16)13-27-4/h7-12H,6,13H2,1-5H3,(H,24,26). The predicted octanol–water partition coefficient (Wildman–Crippen LogP) is 5.02. The molecule has 1 aromatic heterocycles. The topological polar surface area (TPSA) is 60.5 Å². The minimum absolute atomic E-state index is 0.00649. The van der Waals surface area contributed by atoms with Crippen molar-refractivity contribution in [2.75, 3.05) is 19.5 Å². The van der Waals surface area contributed by atoms with Crippen LogP contribution >= 0.6 is 0 Å². The number of nitrogens with zero attached hydrogens (tertiary/aromatic N) is 1. The van der Waals surface area contributed by atoms with Crippen LogP contribution in [0.4, 0.5) is 5.69 Å². The van der Waals surface area contributed by atoms with Crippen LogP contribution < -0.4 is 10.1 Å². The van der Waals surface area contributed by atoms with E-state index in [1.807, 2.05) is 51.1 Å². The number of rotatable bonds is 6. The van der Waals surface area contributed by atoms with Crippen molar-refractivity contribution in [1.29, 1.82) is 0 Å². The van der Waals surface area contributed by atoms with Crippen molar-refractivity contribution in [2.24, 2.45) is 0 Å². The molecular weight excluding hydrogens is 352 g/mol. The number of methoxy groups -OCH3 is 2. The second-order valence-corrected chi connectivity index (χ2v) is 6.84. The number of nitrogens with one attached hydrogen (secondary N) is 1. The Morgan fingerprint density at radius 1 is 1.07 bits per heavy atom. The number of carbonyl (C=O) groups is 1. The molecule has 0 radical (unpaired) electrons. The lowest BCUT2D eigenvalue weighted by Gasteiger charge is -2.15. The van der Waals surface area contributed by atoms with Crippen molar-refractivity contribution >= 4 is 22.5 Å². The number of pyridine rings is 1. The number of hydrogen-bond donors (Lipinski definition) is 1. The second kappa shape index (κ2) is 8.40. The van der Waals surface area contributed by atoms with Gasteiger partial charge in [0, 0.05) is 30.0 Å². The van der Waals surface area contributed by atoms with E-state index in [1.54, 1.807) is 14.2 Å². The van der Waals surface area contributed by atoms with Gasteiger partial charge in [-0.3, -0.25) is 4.79 Å². The first-order chi connectivity index (χ1) is 13.5. The summed E-state index contributed by atoms with van der Waals surface area (Å²) in [5, 5.41) is 3.97. The zero-order chi connectivity index (χ0) is 20.3. The van der Waals surface area contributed by atoms with Gasteiger partial charge < -0.3 is 14.8 Å². The van der Waals surface area contributed by atoms with Gasteiger partial charge in [0.2, 0.25) is 5.91 Å². The number of aryl methyl sites for hydroxylation is 2. The molecule has 0 aliphatic heterocycles. The van der Waals surface area contributed by atoms with Gasteiger partial charge >= 0.3 is 0 Å². The van der Waals surface area contributed by atoms with E-state index in [4.69, 9.17) is 14.5 Å². The molecule has 3 aromatic rings. The van der Waals surface area contributed by atoms with Crippen molar-refractivity contribution in [3.63, 3.8) is 0 Å². The van der Waals surface area contributed by atoms with Crippen molar-refractivity contribution in [2.45, 2.75) is 33.8 Å². The Hall–Kier alpha value is -2.92. The monoisotopic (exact) mass is 378 g/mol. The van der Waals surface area contributed by atoms with Crippen molar-refractivity contribution < 1.29 is 14.3 Å². The summed E-state index contributed by atoms with van der Waals surface area (Å²) in [4.78, 5) is 16.8. The summed E-state index contributed by atoms with van der Waals surface area (Å²) < 4.78 is 10.7. The highest BCUT2D eigenvalue weighted by Gasteiger charge is 2.14. The Morgan fingerprint density at radius 3 is 2.54 bits per heavy atom. The summed E-state index contributed by atoms with van der Waals surface area (Å²) >= 11 is 0. The molecule has 0 spiro atoms. The van der Waals surface area contributed by atoms with Crippen LogP contribution in [0.15, 0.2) is 36.4 Å². The normalized spacial score (nSPS) is 10.9. The Bertz CT molecular complexity index is 1030. The van der Waals surface area contributed by atoms with Crippen LogP contribution in [-0.2, 0) is 16.1 Å². The van der Waals surface area contributed by atoms with Gasteiger partial charge in [-0.2, -0.15) is 0 Å². The van der Waals surface area contributed by atoms with Crippen molar-refractivity contribution in [1.82, 2.24) is 4.98 Å². The highest BCUT2D eigenvalue weighted by Crippen LogP contribution is 2.33. The highest BCUT2D eigenvalue weighted by molar-refractivity contribution is 6.04. The third-order valence-electron chi connectivity index (χ3n) is 4.83. The number of anilines is 1. The number of amides is 1. The minimum atomic E-state index is -0.00649. The maximum Gasteiger partial charge on any atom is 0.224 e. The Kier molecular flexibility index (Phi) is 5.95. The van der Waals surface area contributed by atoms with E-state index in [9.17, 15) is 4.79 Å². The molecule has 146 valence electrons. The third-order valence-corrected chi connectivity index (χ3v) is 4.83. The molecule has 28 heavy (non-hydrogen) atoms. The van der Waals surface area contributed by atoms with Crippen LogP contribution in [0, 0.1) is 13.8 Å². The van der Waals surface area contributed by atoms with Crippen LogP contribution in [0.5, 0.6) is 5.75 Å². The first-order valence-corrected chi connectivity index (χ1v) is 9.35. The van der Waals surface area contributed by atoms with E-state index >= 15 is 0 Å². The molecule has 1 heterocycles. The van der Waals surface area contributed by atoms with E-state index in [2.05, 4.69) is 11.4 Å². The van der Waals surface area contributed by atoms with Crippen LogP contribution in [-0.4, -0.2) is 25.1 Å². The van der Waals surface area contributed by atoms with Gasteiger partial charge in [0.15, 0.2) is 0 Å². The van der Waals surface area contributed by atoms with E-state index in [-0.39, 0.29) is 5.91 Å². The predicted molar refractivity (Wildman–Crippen MR) is 113 cm³/mol. The molecule has 1 N–H and O–H groups in total. The summed E-state index contributed by atoms with van der Waals surface area (Å²) in [6.07, 6.45) is 0.439. The number of ether oxygens (including phenoxy) is 2. The Labute approximate surface area is 165 Å². The van der Waals surface area contributed by atoms with Gasteiger partial charge in [-0.25, -0.2) is 4.98 Å². The van der Waals surface area contributed by atoms with E-state index in [0.29, 0.717) is 13.0 Å². The molecule has 2 aromatic carbocycles. The Balaban J connectivity index is 2.15. The molecule has 3 rings (SSSR count). The summed E-state index contributed by atoms with van der Waals surface area (Å²) in [5.74, 6) is 0.789. The number of hydrogen-bond acceptors (Lipinski definition) is 4. The minimum Gasteiger partial charge on any atom is -0.496 e. The molecule has 5 heteroatoms. The number of fused-ring (bicyclic) bond motifs is 1. The van der Waals surface area contributed by atoms with E-state index < -0.39 is 0 Å². The zero-order valence-electron chi connectivity index (χ0n) is 17.1. The lowest BCUT2D eigenvalue weighted by Crippen LogP contribution is -2.10. The second-order valence-electron chi connectivity index (χ2n) is 6.84. The van der Waals surface area contributed by atoms with Crippen LogP contribution in [0.1, 0.15) is 30.0 Å². The third kappa shape index (κ3) is 3.85. The summed E-state index contributed by atoms with van der Waals surface area (Å²) in [6.45, 7) is 6.40. The number of aromatic nitrogens is 1. The van der Waals surface area contributed by atoms with Gasteiger partial charge in [-0.15, -0.1) is 0 Å². The molecule has 0 saturated carbocycles. The van der Waals surface area contributed by atoms with Gasteiger partial charge in [0.25, 0.3) is 0 Å². The first kappa shape index (κ1) is 19.8. The first-order valence-electron chi connectivity index (χ1n) is 9.35. The fourth-order valence-corrected chi connectivity index (χ4v) is 3.37.